The van der Waals surface area contributed by atoms with E-state index < -0.39 is 0 Å². The summed E-state index contributed by atoms with van der Waals surface area (Å²) in [5.74, 6) is 0. The summed E-state index contributed by atoms with van der Waals surface area (Å²) in [4.78, 5) is 2.08. The molecule has 86 valence electrons. The Kier molecular flexibility index (Phi) is 6.33. The van der Waals surface area contributed by atoms with Gasteiger partial charge in [-0.1, -0.05) is 0 Å². The number of nitrogens with zero attached hydrogens (tertiary/aromatic N) is 1. The number of hydrogen-bond acceptors (Lipinski definition) is 3. The van der Waals surface area contributed by atoms with Crippen LogP contribution in [0.3, 0.4) is 0 Å². The molecule has 0 bridgehead atoms. The normalized spacial score (nSPS) is 16.7. The lowest BCUT2D eigenvalue weighted by Gasteiger charge is -2.32. The summed E-state index contributed by atoms with van der Waals surface area (Å²) in [7, 11) is 2.01. The second-order valence-electron chi connectivity index (χ2n) is 4.23. The van der Waals surface area contributed by atoms with Crippen molar-refractivity contribution in [2.45, 2.75) is 66.2 Å². The summed E-state index contributed by atoms with van der Waals surface area (Å²) in [6.07, 6.45) is 0.671. The third-order valence-electron chi connectivity index (χ3n) is 2.09. The van der Waals surface area contributed by atoms with Crippen LogP contribution < -0.4 is 0 Å². The Morgan fingerprint density at radius 3 is 1.21 bits per heavy atom. The van der Waals surface area contributed by atoms with Crippen molar-refractivity contribution in [3.05, 3.63) is 0 Å². The summed E-state index contributed by atoms with van der Waals surface area (Å²) >= 11 is 0. The lowest BCUT2D eigenvalue weighted by atomic mass is 10.4. The predicted octanol–water partition coefficient (Wildman–Crippen LogP) is 2.46. The van der Waals surface area contributed by atoms with Crippen molar-refractivity contribution < 1.29 is 9.47 Å². The van der Waals surface area contributed by atoms with Crippen molar-refractivity contribution in [2.75, 3.05) is 7.05 Å². The molecule has 0 aromatic rings. The van der Waals surface area contributed by atoms with Gasteiger partial charge in [-0.05, 0) is 48.6 Å². The Morgan fingerprint density at radius 1 is 0.714 bits per heavy atom. The van der Waals surface area contributed by atoms with Crippen molar-refractivity contribution in [3.8, 4) is 0 Å². The van der Waals surface area contributed by atoms with Gasteiger partial charge in [0.05, 0.1) is 12.2 Å². The molecule has 0 fully saturated rings. The molecular weight excluding hydrogens is 178 g/mol. The highest BCUT2D eigenvalue weighted by Gasteiger charge is 2.18. The topological polar surface area (TPSA) is 21.7 Å². The van der Waals surface area contributed by atoms with Gasteiger partial charge in [0.1, 0.15) is 12.5 Å². The smallest absolute Gasteiger partial charge is 0.109 e. The quantitative estimate of drug-likeness (QED) is 0.619. The maximum Gasteiger partial charge on any atom is 0.109 e. The zero-order chi connectivity index (χ0) is 11.3. The number of rotatable bonds is 6. The highest BCUT2D eigenvalue weighted by Crippen LogP contribution is 2.09. The van der Waals surface area contributed by atoms with Gasteiger partial charge in [-0.2, -0.15) is 0 Å². The largest absolute Gasteiger partial charge is 0.361 e. The fourth-order valence-electron chi connectivity index (χ4n) is 1.28. The van der Waals surface area contributed by atoms with E-state index >= 15 is 0 Å². The molecule has 0 heterocycles. The van der Waals surface area contributed by atoms with E-state index in [4.69, 9.17) is 9.47 Å². The first-order chi connectivity index (χ1) is 6.34. The molecule has 0 amide bonds. The van der Waals surface area contributed by atoms with Gasteiger partial charge in [0.15, 0.2) is 0 Å². The molecule has 0 spiro atoms. The summed E-state index contributed by atoms with van der Waals surface area (Å²) in [6.45, 7) is 12.2. The van der Waals surface area contributed by atoms with Crippen LogP contribution in [0.25, 0.3) is 0 Å². The van der Waals surface area contributed by atoms with E-state index in [0.717, 1.165) is 0 Å². The standard InChI is InChI=1S/C11H25NO2/c1-8(2)13-10(5)12(7)11(6)14-9(3)4/h8-11H,1-7H3. The highest BCUT2D eigenvalue weighted by molar-refractivity contribution is 4.57. The van der Waals surface area contributed by atoms with E-state index in [1.807, 2.05) is 48.6 Å². The van der Waals surface area contributed by atoms with Gasteiger partial charge in [0.2, 0.25) is 0 Å². The number of hydrogen-bond donors (Lipinski definition) is 0. The third kappa shape index (κ3) is 5.58. The third-order valence-corrected chi connectivity index (χ3v) is 2.09. The van der Waals surface area contributed by atoms with Crippen LogP contribution in [0, 0.1) is 0 Å². The molecule has 3 heteroatoms. The van der Waals surface area contributed by atoms with Crippen molar-refractivity contribution in [1.29, 1.82) is 0 Å². The Hall–Kier alpha value is -0.120. The molecule has 0 rings (SSSR count). The lowest BCUT2D eigenvalue weighted by Crippen LogP contribution is -2.42. The summed E-state index contributed by atoms with van der Waals surface area (Å²) in [6, 6.07) is 0. The summed E-state index contributed by atoms with van der Waals surface area (Å²) in [5.41, 5.74) is 0. The maximum atomic E-state index is 5.66. The van der Waals surface area contributed by atoms with Crippen LogP contribution >= 0.6 is 0 Å². The fourth-order valence-corrected chi connectivity index (χ4v) is 1.28. The van der Waals surface area contributed by atoms with Gasteiger partial charge < -0.3 is 9.47 Å². The first kappa shape index (κ1) is 13.9. The molecule has 0 aromatic carbocycles. The molecule has 0 aliphatic rings. The average molecular weight is 203 g/mol. The monoisotopic (exact) mass is 203 g/mol. The zero-order valence-corrected chi connectivity index (χ0v) is 10.6. The van der Waals surface area contributed by atoms with Crippen LogP contribution in [0.15, 0.2) is 0 Å². The molecular formula is C11H25NO2. The molecule has 0 N–H and O–H groups in total. The van der Waals surface area contributed by atoms with Crippen LogP contribution in [0.2, 0.25) is 0 Å². The maximum absolute atomic E-state index is 5.66. The van der Waals surface area contributed by atoms with Gasteiger partial charge >= 0.3 is 0 Å². The van der Waals surface area contributed by atoms with Gasteiger partial charge in [0, 0.05) is 0 Å². The van der Waals surface area contributed by atoms with Crippen molar-refractivity contribution >= 4 is 0 Å². The molecule has 3 nitrogen and oxygen atoms in total. The van der Waals surface area contributed by atoms with E-state index in [1.54, 1.807) is 0 Å². The molecule has 14 heavy (non-hydrogen) atoms. The first-order valence-corrected chi connectivity index (χ1v) is 5.37. The second-order valence-corrected chi connectivity index (χ2v) is 4.23. The number of ether oxygens (including phenoxy) is 2. The summed E-state index contributed by atoms with van der Waals surface area (Å²) < 4.78 is 11.3. The average Bonchev–Trinajstić information content (AvgIpc) is 2.00. The van der Waals surface area contributed by atoms with Crippen LogP contribution in [-0.2, 0) is 9.47 Å². The Labute approximate surface area is 88.4 Å². The fraction of sp³-hybridized carbons (Fsp3) is 1.00. The van der Waals surface area contributed by atoms with Gasteiger partial charge in [-0.25, -0.2) is 0 Å². The SMILES string of the molecule is CC(C)OC(C)N(C)C(C)OC(C)C. The Morgan fingerprint density at radius 2 is 1.00 bits per heavy atom. The van der Waals surface area contributed by atoms with E-state index in [0.29, 0.717) is 0 Å². The molecule has 0 saturated heterocycles. The van der Waals surface area contributed by atoms with Crippen LogP contribution in [0.1, 0.15) is 41.5 Å². The second kappa shape index (κ2) is 6.38. The zero-order valence-electron chi connectivity index (χ0n) is 10.6. The molecule has 0 radical (unpaired) electrons. The highest BCUT2D eigenvalue weighted by atomic mass is 16.5. The predicted molar refractivity (Wildman–Crippen MR) is 59.1 cm³/mol. The minimum absolute atomic E-state index is 0.0868. The molecule has 0 aliphatic carbocycles. The van der Waals surface area contributed by atoms with E-state index in [1.165, 1.54) is 0 Å². The van der Waals surface area contributed by atoms with E-state index in [2.05, 4.69) is 4.90 Å². The van der Waals surface area contributed by atoms with Crippen molar-refractivity contribution in [3.63, 3.8) is 0 Å². The molecule has 0 aromatic heterocycles. The Balaban J connectivity index is 3.96. The van der Waals surface area contributed by atoms with Crippen molar-refractivity contribution in [1.82, 2.24) is 4.90 Å². The van der Waals surface area contributed by atoms with Crippen molar-refractivity contribution in [2.24, 2.45) is 0 Å². The molecule has 2 atom stereocenters. The molecule has 0 saturated carbocycles. The van der Waals surface area contributed by atoms with Gasteiger partial charge in [0.25, 0.3) is 0 Å². The lowest BCUT2D eigenvalue weighted by molar-refractivity contribution is -0.153. The van der Waals surface area contributed by atoms with Gasteiger partial charge in [-0.15, -0.1) is 0 Å². The molecule has 2 unspecified atom stereocenters. The van der Waals surface area contributed by atoms with Crippen LogP contribution in [-0.4, -0.2) is 36.6 Å². The van der Waals surface area contributed by atoms with Crippen LogP contribution in [0.4, 0.5) is 0 Å². The Bertz CT molecular complexity index is 132. The minimum atomic E-state index is 0.0868. The first-order valence-electron chi connectivity index (χ1n) is 5.37. The van der Waals surface area contributed by atoms with E-state index in [9.17, 15) is 0 Å². The van der Waals surface area contributed by atoms with Gasteiger partial charge in [-0.3, -0.25) is 4.90 Å². The van der Waals surface area contributed by atoms with E-state index in [-0.39, 0.29) is 24.7 Å². The molecule has 0 aliphatic heterocycles. The van der Waals surface area contributed by atoms with Crippen LogP contribution in [0.5, 0.6) is 0 Å². The minimum Gasteiger partial charge on any atom is -0.361 e. The summed E-state index contributed by atoms with van der Waals surface area (Å²) in [5, 5.41) is 0.